The van der Waals surface area contributed by atoms with Crippen molar-refractivity contribution in [2.45, 2.75) is 26.8 Å². The predicted octanol–water partition coefficient (Wildman–Crippen LogP) is 1.97. The number of ether oxygens (including phenoxy) is 1. The Morgan fingerprint density at radius 1 is 1.32 bits per heavy atom. The van der Waals surface area contributed by atoms with Crippen LogP contribution in [0.25, 0.3) is 0 Å². The lowest BCUT2D eigenvalue weighted by Gasteiger charge is -2.29. The number of halogens is 1. The molecule has 22 heavy (non-hydrogen) atoms. The molecule has 1 heterocycles. The molecule has 0 saturated carbocycles. The first kappa shape index (κ1) is 16.7. The number of hydrogen-bond donors (Lipinski definition) is 2. The van der Waals surface area contributed by atoms with Crippen molar-refractivity contribution >= 4 is 17.3 Å². The Morgan fingerprint density at radius 3 is 2.55 bits per heavy atom. The van der Waals surface area contributed by atoms with Gasteiger partial charge in [0.25, 0.3) is 0 Å². The zero-order valence-corrected chi connectivity index (χ0v) is 13.4. The molecule has 1 atom stereocenters. The molecular formula is C16H24FN3O2. The summed E-state index contributed by atoms with van der Waals surface area (Å²) in [7, 11) is 0. The second kappa shape index (κ2) is 6.62. The molecule has 1 saturated heterocycles. The van der Waals surface area contributed by atoms with E-state index in [1.165, 1.54) is 12.1 Å². The van der Waals surface area contributed by atoms with E-state index >= 15 is 0 Å². The van der Waals surface area contributed by atoms with Gasteiger partial charge in [0.2, 0.25) is 5.91 Å². The second-order valence-electron chi connectivity index (χ2n) is 6.63. The molecule has 0 aliphatic carbocycles. The van der Waals surface area contributed by atoms with Gasteiger partial charge in [-0.1, -0.05) is 20.8 Å². The molecule has 3 N–H and O–H groups in total. The van der Waals surface area contributed by atoms with Crippen LogP contribution in [0.2, 0.25) is 0 Å². The summed E-state index contributed by atoms with van der Waals surface area (Å²) < 4.78 is 19.1. The van der Waals surface area contributed by atoms with E-state index in [4.69, 9.17) is 10.5 Å². The molecule has 1 aromatic carbocycles. The number of amides is 1. The van der Waals surface area contributed by atoms with Gasteiger partial charge < -0.3 is 20.7 Å². The average Bonchev–Trinajstić information content (AvgIpc) is 2.45. The molecule has 122 valence electrons. The SMILES string of the molecule is CC(C)(C)[C@H](N)C(=O)Nc1cc(F)cc(N2CCOCC2)c1. The molecule has 0 bridgehead atoms. The molecule has 6 heteroatoms. The van der Waals surface area contributed by atoms with Crippen LogP contribution in [0.1, 0.15) is 20.8 Å². The monoisotopic (exact) mass is 309 g/mol. The van der Waals surface area contributed by atoms with Gasteiger partial charge >= 0.3 is 0 Å². The van der Waals surface area contributed by atoms with Crippen molar-refractivity contribution in [3.63, 3.8) is 0 Å². The predicted molar refractivity (Wildman–Crippen MR) is 85.5 cm³/mol. The Kier molecular flexibility index (Phi) is 5.03. The van der Waals surface area contributed by atoms with Crippen LogP contribution in [-0.4, -0.2) is 38.3 Å². The lowest BCUT2D eigenvalue weighted by molar-refractivity contribution is -0.119. The molecule has 1 aromatic rings. The number of rotatable bonds is 3. The normalized spacial score (nSPS) is 17.2. The van der Waals surface area contributed by atoms with E-state index in [1.54, 1.807) is 6.07 Å². The van der Waals surface area contributed by atoms with Crippen molar-refractivity contribution < 1.29 is 13.9 Å². The summed E-state index contributed by atoms with van der Waals surface area (Å²) in [5, 5.41) is 2.71. The van der Waals surface area contributed by atoms with Gasteiger partial charge in [0.15, 0.2) is 0 Å². The molecule has 5 nitrogen and oxygen atoms in total. The third kappa shape index (κ3) is 4.18. The van der Waals surface area contributed by atoms with Crippen LogP contribution < -0.4 is 16.0 Å². The standard InChI is InChI=1S/C16H24FN3O2/c1-16(2,3)14(18)15(21)19-12-8-11(17)9-13(10-12)20-4-6-22-7-5-20/h8-10,14H,4-7,18H2,1-3H3,(H,19,21)/t14-/m1/s1. The second-order valence-corrected chi connectivity index (χ2v) is 6.63. The Labute approximate surface area is 130 Å². The molecular weight excluding hydrogens is 285 g/mol. The summed E-state index contributed by atoms with van der Waals surface area (Å²) in [5.74, 6) is -0.699. The highest BCUT2D eigenvalue weighted by Gasteiger charge is 2.27. The first-order valence-corrected chi connectivity index (χ1v) is 7.47. The molecule has 0 aromatic heterocycles. The van der Waals surface area contributed by atoms with Crippen LogP contribution in [0, 0.1) is 11.2 Å². The maximum Gasteiger partial charge on any atom is 0.241 e. The highest BCUT2D eigenvalue weighted by molar-refractivity contribution is 5.95. The van der Waals surface area contributed by atoms with Crippen molar-refractivity contribution in [3.8, 4) is 0 Å². The van der Waals surface area contributed by atoms with E-state index < -0.39 is 6.04 Å². The largest absolute Gasteiger partial charge is 0.378 e. The molecule has 1 aliphatic heterocycles. The molecule has 0 unspecified atom stereocenters. The van der Waals surface area contributed by atoms with E-state index in [0.29, 0.717) is 32.0 Å². The third-order valence-electron chi connectivity index (χ3n) is 3.74. The van der Waals surface area contributed by atoms with E-state index in [-0.39, 0.29) is 17.1 Å². The number of anilines is 2. The van der Waals surface area contributed by atoms with Gasteiger partial charge in [-0.2, -0.15) is 0 Å². The fraction of sp³-hybridized carbons (Fsp3) is 0.562. The van der Waals surface area contributed by atoms with Crippen molar-refractivity contribution in [2.24, 2.45) is 11.1 Å². The van der Waals surface area contributed by atoms with Crippen molar-refractivity contribution in [2.75, 3.05) is 36.5 Å². The first-order chi connectivity index (χ1) is 10.3. The van der Waals surface area contributed by atoms with Gasteiger partial charge in [-0.3, -0.25) is 4.79 Å². The molecule has 0 spiro atoms. The maximum atomic E-state index is 13.8. The number of nitrogens with one attached hydrogen (secondary N) is 1. The third-order valence-corrected chi connectivity index (χ3v) is 3.74. The fourth-order valence-corrected chi connectivity index (χ4v) is 2.26. The molecule has 1 fully saturated rings. The molecule has 1 amide bonds. The maximum absolute atomic E-state index is 13.8. The number of carbonyl (C=O) groups is 1. The highest BCUT2D eigenvalue weighted by Crippen LogP contribution is 2.24. The van der Waals surface area contributed by atoms with Crippen LogP contribution in [0.4, 0.5) is 15.8 Å². The Hall–Kier alpha value is -1.66. The van der Waals surface area contributed by atoms with E-state index in [1.807, 2.05) is 25.7 Å². The van der Waals surface area contributed by atoms with Crippen LogP contribution in [-0.2, 0) is 9.53 Å². The van der Waals surface area contributed by atoms with Crippen molar-refractivity contribution in [1.29, 1.82) is 0 Å². The summed E-state index contributed by atoms with van der Waals surface area (Å²) in [6.45, 7) is 8.32. The number of benzene rings is 1. The number of nitrogens with two attached hydrogens (primary N) is 1. The fourth-order valence-electron chi connectivity index (χ4n) is 2.26. The summed E-state index contributed by atoms with van der Waals surface area (Å²) in [4.78, 5) is 14.2. The van der Waals surface area contributed by atoms with Crippen LogP contribution in [0.5, 0.6) is 0 Å². The van der Waals surface area contributed by atoms with E-state index in [0.717, 1.165) is 5.69 Å². The summed E-state index contributed by atoms with van der Waals surface area (Å²) in [6.07, 6.45) is 0. The molecule has 0 radical (unpaired) electrons. The molecule has 2 rings (SSSR count). The minimum Gasteiger partial charge on any atom is -0.378 e. The van der Waals surface area contributed by atoms with Crippen LogP contribution in [0.3, 0.4) is 0 Å². The number of hydrogen-bond acceptors (Lipinski definition) is 4. The Morgan fingerprint density at radius 2 is 1.95 bits per heavy atom. The Balaban J connectivity index is 2.14. The van der Waals surface area contributed by atoms with E-state index in [9.17, 15) is 9.18 Å². The summed E-state index contributed by atoms with van der Waals surface area (Å²) in [5.41, 5.74) is 6.73. The van der Waals surface area contributed by atoms with Gasteiger partial charge in [0, 0.05) is 24.5 Å². The topological polar surface area (TPSA) is 67.6 Å². The summed E-state index contributed by atoms with van der Waals surface area (Å²) in [6, 6.07) is 3.87. The van der Waals surface area contributed by atoms with Crippen molar-refractivity contribution in [3.05, 3.63) is 24.0 Å². The van der Waals surface area contributed by atoms with Crippen LogP contribution in [0.15, 0.2) is 18.2 Å². The number of morpholine rings is 1. The van der Waals surface area contributed by atoms with Gasteiger partial charge in [0.05, 0.1) is 19.3 Å². The van der Waals surface area contributed by atoms with Gasteiger partial charge in [-0.15, -0.1) is 0 Å². The zero-order chi connectivity index (χ0) is 16.3. The average molecular weight is 309 g/mol. The quantitative estimate of drug-likeness (QED) is 0.896. The Bertz CT molecular complexity index is 537. The minimum atomic E-state index is -0.664. The highest BCUT2D eigenvalue weighted by atomic mass is 19.1. The lowest BCUT2D eigenvalue weighted by Crippen LogP contribution is -2.45. The van der Waals surface area contributed by atoms with E-state index in [2.05, 4.69) is 5.32 Å². The first-order valence-electron chi connectivity index (χ1n) is 7.47. The van der Waals surface area contributed by atoms with Gasteiger partial charge in [-0.05, 0) is 23.6 Å². The number of nitrogens with zero attached hydrogens (tertiary/aromatic N) is 1. The lowest BCUT2D eigenvalue weighted by atomic mass is 9.87. The minimum absolute atomic E-state index is 0.314. The summed E-state index contributed by atoms with van der Waals surface area (Å²) >= 11 is 0. The smallest absolute Gasteiger partial charge is 0.241 e. The molecule has 1 aliphatic rings. The van der Waals surface area contributed by atoms with Gasteiger partial charge in [-0.25, -0.2) is 4.39 Å². The zero-order valence-electron chi connectivity index (χ0n) is 13.4. The van der Waals surface area contributed by atoms with Gasteiger partial charge in [0.1, 0.15) is 5.82 Å². The van der Waals surface area contributed by atoms with Crippen LogP contribution >= 0.6 is 0 Å². The van der Waals surface area contributed by atoms with Crippen molar-refractivity contribution in [1.82, 2.24) is 0 Å². The number of carbonyl (C=O) groups excluding carboxylic acids is 1.